The Kier molecular flexibility index (Phi) is 4.99. The lowest BCUT2D eigenvalue weighted by atomic mass is 9.96. The minimum absolute atomic E-state index is 0.180. The molecule has 2 amide bonds. The van der Waals surface area contributed by atoms with E-state index in [-0.39, 0.29) is 5.91 Å². The number of carbonyl (C=O) groups is 2. The van der Waals surface area contributed by atoms with Gasteiger partial charge in [-0.2, -0.15) is 0 Å². The highest BCUT2D eigenvalue weighted by molar-refractivity contribution is 5.95. The molecular formula is C22H27N3O4. The number of amides is 2. The summed E-state index contributed by atoms with van der Waals surface area (Å²) >= 11 is 0. The summed E-state index contributed by atoms with van der Waals surface area (Å²) in [7, 11) is 0. The molecule has 0 spiro atoms. The van der Waals surface area contributed by atoms with E-state index in [1.807, 2.05) is 6.07 Å². The van der Waals surface area contributed by atoms with Gasteiger partial charge in [0.1, 0.15) is 0 Å². The molecule has 3 aliphatic rings. The van der Waals surface area contributed by atoms with Crippen LogP contribution in [0.5, 0.6) is 0 Å². The maximum Gasteiger partial charge on any atom is 0.287 e. The van der Waals surface area contributed by atoms with Gasteiger partial charge in [0.15, 0.2) is 11.3 Å². The van der Waals surface area contributed by atoms with E-state index in [1.165, 1.54) is 0 Å². The third-order valence-corrected chi connectivity index (χ3v) is 6.84. The fourth-order valence-electron chi connectivity index (χ4n) is 5.04. The van der Waals surface area contributed by atoms with Gasteiger partial charge < -0.3 is 19.4 Å². The van der Waals surface area contributed by atoms with Crippen LogP contribution in [0, 0.1) is 23.7 Å². The summed E-state index contributed by atoms with van der Waals surface area (Å²) in [5, 5.41) is 3.85. The van der Waals surface area contributed by atoms with Crippen molar-refractivity contribution >= 4 is 22.8 Å². The van der Waals surface area contributed by atoms with Gasteiger partial charge >= 0.3 is 0 Å². The average molecular weight is 397 g/mol. The molecule has 7 nitrogen and oxygen atoms in total. The maximum atomic E-state index is 12.5. The van der Waals surface area contributed by atoms with Crippen molar-refractivity contribution in [1.82, 2.24) is 15.2 Å². The maximum absolute atomic E-state index is 12.5. The highest BCUT2D eigenvalue weighted by Crippen LogP contribution is 2.53. The molecule has 0 bridgehead atoms. The fraction of sp³-hybridized carbons (Fsp3) is 0.591. The van der Waals surface area contributed by atoms with Crippen LogP contribution >= 0.6 is 0 Å². The number of pyridine rings is 1. The molecule has 1 aliphatic carbocycles. The number of piperidine rings is 1. The highest BCUT2D eigenvalue weighted by Gasteiger charge is 2.55. The van der Waals surface area contributed by atoms with Gasteiger partial charge in [0.25, 0.3) is 5.91 Å². The Hall–Kier alpha value is -2.41. The zero-order valence-corrected chi connectivity index (χ0v) is 16.5. The minimum atomic E-state index is -0.180. The van der Waals surface area contributed by atoms with Gasteiger partial charge in [-0.15, -0.1) is 0 Å². The first kappa shape index (κ1) is 18.6. The molecule has 2 saturated heterocycles. The van der Waals surface area contributed by atoms with Crippen LogP contribution in [0.4, 0.5) is 0 Å². The van der Waals surface area contributed by atoms with Crippen molar-refractivity contribution in [1.29, 1.82) is 0 Å². The molecule has 2 aliphatic heterocycles. The Bertz CT molecular complexity index is 859. The first-order chi connectivity index (χ1) is 14.2. The predicted molar refractivity (Wildman–Crippen MR) is 106 cm³/mol. The van der Waals surface area contributed by atoms with Crippen LogP contribution in [-0.2, 0) is 9.53 Å². The minimum Gasteiger partial charge on any atom is -0.449 e. The van der Waals surface area contributed by atoms with Crippen molar-refractivity contribution < 1.29 is 18.7 Å². The molecule has 3 atom stereocenters. The largest absolute Gasteiger partial charge is 0.449 e. The Morgan fingerprint density at radius 3 is 2.76 bits per heavy atom. The van der Waals surface area contributed by atoms with E-state index < -0.39 is 0 Å². The molecule has 0 aromatic carbocycles. The number of ether oxygens (including phenoxy) is 1. The molecule has 2 aromatic rings. The van der Waals surface area contributed by atoms with Crippen molar-refractivity contribution in [3.63, 3.8) is 0 Å². The summed E-state index contributed by atoms with van der Waals surface area (Å²) in [6.45, 7) is 4.01. The summed E-state index contributed by atoms with van der Waals surface area (Å²) in [6, 6.07) is 3.58. The molecule has 3 fully saturated rings. The van der Waals surface area contributed by atoms with Crippen LogP contribution in [0.25, 0.3) is 11.0 Å². The molecule has 0 radical (unpaired) electrons. The van der Waals surface area contributed by atoms with Crippen LogP contribution in [0.1, 0.15) is 36.2 Å². The second-order valence-electron chi connectivity index (χ2n) is 8.62. The van der Waals surface area contributed by atoms with Gasteiger partial charge in [0.05, 0.1) is 6.20 Å². The zero-order chi connectivity index (χ0) is 19.8. The van der Waals surface area contributed by atoms with Gasteiger partial charge in [0.2, 0.25) is 5.91 Å². The van der Waals surface area contributed by atoms with E-state index in [1.54, 1.807) is 18.5 Å². The smallest absolute Gasteiger partial charge is 0.287 e. The molecule has 1 saturated carbocycles. The number of nitrogens with zero attached hydrogens (tertiary/aromatic N) is 2. The van der Waals surface area contributed by atoms with Crippen LogP contribution in [-0.4, -0.2) is 54.5 Å². The highest BCUT2D eigenvalue weighted by atomic mass is 16.5. The molecule has 2 aromatic heterocycles. The number of hydrogen-bond acceptors (Lipinski definition) is 5. The van der Waals surface area contributed by atoms with E-state index >= 15 is 0 Å². The van der Waals surface area contributed by atoms with Gasteiger partial charge in [-0.1, -0.05) is 0 Å². The Morgan fingerprint density at radius 2 is 2.00 bits per heavy atom. The second kappa shape index (κ2) is 7.78. The van der Waals surface area contributed by atoms with Crippen molar-refractivity contribution in [2.45, 2.75) is 25.7 Å². The second-order valence-corrected chi connectivity index (χ2v) is 8.62. The normalized spacial score (nSPS) is 26.5. The number of nitrogens with one attached hydrogen (secondary N) is 1. The van der Waals surface area contributed by atoms with Crippen molar-refractivity contribution in [2.75, 3.05) is 32.8 Å². The van der Waals surface area contributed by atoms with E-state index in [4.69, 9.17) is 9.15 Å². The third kappa shape index (κ3) is 3.88. The lowest BCUT2D eigenvalue weighted by Crippen LogP contribution is -2.34. The standard InChI is InChI=1S/C22H27N3O4/c26-21(9-14-3-7-28-8-4-14)25-12-17-16(18(17)13-25)2-6-24-22(27)19-10-15-1-5-23-11-20(15)29-19/h1,5,10-11,14,16-18H,2-4,6-9,12-13H2,(H,24,27)/t16?,17-,18+. The summed E-state index contributed by atoms with van der Waals surface area (Å²) < 4.78 is 10.9. The van der Waals surface area contributed by atoms with E-state index in [9.17, 15) is 9.59 Å². The van der Waals surface area contributed by atoms with E-state index in [0.29, 0.717) is 53.9 Å². The van der Waals surface area contributed by atoms with Crippen LogP contribution in [0.3, 0.4) is 0 Å². The molecule has 7 heteroatoms. The lowest BCUT2D eigenvalue weighted by Gasteiger charge is -2.25. The van der Waals surface area contributed by atoms with Crippen molar-refractivity contribution in [3.8, 4) is 0 Å². The number of furan rings is 1. The molecule has 5 rings (SSSR count). The summed E-state index contributed by atoms with van der Waals surface area (Å²) in [5.74, 6) is 2.81. The van der Waals surface area contributed by atoms with Crippen molar-refractivity contribution in [3.05, 3.63) is 30.3 Å². The van der Waals surface area contributed by atoms with Gasteiger partial charge in [-0.25, -0.2) is 0 Å². The Balaban J connectivity index is 1.04. The van der Waals surface area contributed by atoms with Gasteiger partial charge in [-0.05, 0) is 55.1 Å². The molecule has 1 N–H and O–H groups in total. The molecule has 1 unspecified atom stereocenters. The quantitative estimate of drug-likeness (QED) is 0.809. The summed E-state index contributed by atoms with van der Waals surface area (Å²) in [6.07, 6.45) is 6.96. The van der Waals surface area contributed by atoms with Crippen molar-refractivity contribution in [2.24, 2.45) is 23.7 Å². The number of rotatable bonds is 6. The summed E-state index contributed by atoms with van der Waals surface area (Å²) in [4.78, 5) is 30.9. The lowest BCUT2D eigenvalue weighted by molar-refractivity contribution is -0.132. The molecule has 4 heterocycles. The number of carbonyl (C=O) groups excluding carboxylic acids is 2. The van der Waals surface area contributed by atoms with Crippen LogP contribution in [0.2, 0.25) is 0 Å². The first-order valence-corrected chi connectivity index (χ1v) is 10.7. The number of hydrogen-bond donors (Lipinski definition) is 1. The topological polar surface area (TPSA) is 84.7 Å². The monoisotopic (exact) mass is 397 g/mol. The predicted octanol–water partition coefficient (Wildman–Crippen LogP) is 2.47. The van der Waals surface area contributed by atoms with E-state index in [2.05, 4.69) is 15.2 Å². The SMILES string of the molecule is O=C(NCCC1[C@H]2CN(C(=O)CC3CCOCC3)C[C@@H]12)c1cc2ccncc2o1. The summed E-state index contributed by atoms with van der Waals surface area (Å²) in [5.41, 5.74) is 0.625. The zero-order valence-electron chi connectivity index (χ0n) is 16.5. The Morgan fingerprint density at radius 1 is 1.21 bits per heavy atom. The fourth-order valence-corrected chi connectivity index (χ4v) is 5.04. The Labute approximate surface area is 169 Å². The average Bonchev–Trinajstić information content (AvgIpc) is 3.11. The third-order valence-electron chi connectivity index (χ3n) is 6.84. The van der Waals surface area contributed by atoms with Crippen LogP contribution in [0.15, 0.2) is 28.9 Å². The van der Waals surface area contributed by atoms with Gasteiger partial charge in [-0.3, -0.25) is 14.6 Å². The number of likely N-dealkylation sites (tertiary alicyclic amines) is 1. The molecular weight excluding hydrogens is 370 g/mol. The number of aromatic nitrogens is 1. The molecule has 29 heavy (non-hydrogen) atoms. The van der Waals surface area contributed by atoms with Gasteiger partial charge in [0, 0.05) is 50.9 Å². The number of fused-ring (bicyclic) bond motifs is 2. The first-order valence-electron chi connectivity index (χ1n) is 10.7. The van der Waals surface area contributed by atoms with E-state index in [0.717, 1.165) is 51.0 Å². The van der Waals surface area contributed by atoms with Crippen LogP contribution < -0.4 is 5.32 Å². The molecule has 154 valence electrons.